The van der Waals surface area contributed by atoms with E-state index < -0.39 is 0 Å². The highest BCUT2D eigenvalue weighted by Crippen LogP contribution is 2.32. The van der Waals surface area contributed by atoms with Crippen molar-refractivity contribution in [2.24, 2.45) is 0 Å². The van der Waals surface area contributed by atoms with E-state index >= 15 is 0 Å². The molecule has 0 aliphatic rings. The first-order valence-corrected chi connectivity index (χ1v) is 9.63. The highest BCUT2D eigenvalue weighted by Gasteiger charge is 2.12. The predicted octanol–water partition coefficient (Wildman–Crippen LogP) is 4.08. The van der Waals surface area contributed by atoms with Gasteiger partial charge in [-0.1, -0.05) is 24.3 Å². The number of carbonyl (C=O) groups excluding carboxylic acids is 1. The molecule has 0 aliphatic heterocycles. The van der Waals surface area contributed by atoms with E-state index in [2.05, 4.69) is 10.3 Å². The Morgan fingerprint density at radius 1 is 1.15 bits per heavy atom. The van der Waals surface area contributed by atoms with Gasteiger partial charge < -0.3 is 14.8 Å². The van der Waals surface area contributed by atoms with Crippen LogP contribution in [0.3, 0.4) is 0 Å². The highest BCUT2D eigenvalue weighted by atomic mass is 32.1. The van der Waals surface area contributed by atoms with Crippen molar-refractivity contribution in [1.82, 2.24) is 10.3 Å². The third-order valence-corrected chi connectivity index (χ3v) is 4.88. The molecule has 0 aliphatic carbocycles. The number of nitrogens with zero attached hydrogens (tertiary/aromatic N) is 1. The summed E-state index contributed by atoms with van der Waals surface area (Å²) in [6.45, 7) is 3.03. The predicted molar refractivity (Wildman–Crippen MR) is 107 cm³/mol. The number of ether oxygens (including phenoxy) is 2. The molecule has 140 valence electrons. The van der Waals surface area contributed by atoms with Gasteiger partial charge in [0.15, 0.2) is 0 Å². The van der Waals surface area contributed by atoms with Gasteiger partial charge in [-0.3, -0.25) is 4.79 Å². The van der Waals surface area contributed by atoms with Crippen LogP contribution in [0.2, 0.25) is 0 Å². The van der Waals surface area contributed by atoms with Crippen molar-refractivity contribution in [3.63, 3.8) is 0 Å². The summed E-state index contributed by atoms with van der Waals surface area (Å²) in [4.78, 5) is 16.8. The van der Waals surface area contributed by atoms with Crippen LogP contribution in [0.4, 0.5) is 0 Å². The number of methoxy groups -OCH3 is 1. The molecule has 0 radical (unpaired) electrons. The Morgan fingerprint density at radius 2 is 1.93 bits per heavy atom. The molecule has 0 unspecified atom stereocenters. The molecular weight excluding hydrogens is 360 g/mol. The van der Waals surface area contributed by atoms with Gasteiger partial charge in [-0.2, -0.15) is 0 Å². The first-order chi connectivity index (χ1) is 13.2. The Labute approximate surface area is 163 Å². The molecule has 3 rings (SSSR count). The molecule has 0 saturated carbocycles. The number of thiazole rings is 1. The van der Waals surface area contributed by atoms with Gasteiger partial charge in [0.25, 0.3) is 0 Å². The molecule has 1 heterocycles. The smallest absolute Gasteiger partial charge is 0.226 e. The van der Waals surface area contributed by atoms with Gasteiger partial charge in [-0.25, -0.2) is 4.98 Å². The lowest BCUT2D eigenvalue weighted by Gasteiger charge is -2.07. The average Bonchev–Trinajstić information content (AvgIpc) is 3.15. The second kappa shape index (κ2) is 9.19. The van der Waals surface area contributed by atoms with Crippen molar-refractivity contribution >= 4 is 17.2 Å². The number of rotatable bonds is 8. The Kier molecular flexibility index (Phi) is 6.44. The number of carbonyl (C=O) groups is 1. The third-order valence-electron chi connectivity index (χ3n) is 3.96. The molecule has 5 nitrogen and oxygen atoms in total. The van der Waals surface area contributed by atoms with Gasteiger partial charge >= 0.3 is 0 Å². The second-order valence-electron chi connectivity index (χ2n) is 5.87. The van der Waals surface area contributed by atoms with E-state index in [1.165, 1.54) is 11.3 Å². The largest absolute Gasteiger partial charge is 0.497 e. The first kappa shape index (κ1) is 18.9. The summed E-state index contributed by atoms with van der Waals surface area (Å²) in [7, 11) is 1.63. The molecule has 1 N–H and O–H groups in total. The zero-order chi connectivity index (χ0) is 19.1. The lowest BCUT2D eigenvalue weighted by atomic mass is 10.2. The normalized spacial score (nSPS) is 10.4. The minimum atomic E-state index is -0.0549. The monoisotopic (exact) mass is 382 g/mol. The minimum Gasteiger partial charge on any atom is -0.497 e. The lowest BCUT2D eigenvalue weighted by molar-refractivity contribution is -0.120. The summed E-state index contributed by atoms with van der Waals surface area (Å²) >= 11 is 1.52. The summed E-state index contributed by atoms with van der Waals surface area (Å²) in [5.74, 6) is 1.55. The van der Waals surface area contributed by atoms with Gasteiger partial charge in [-0.15, -0.1) is 11.3 Å². The fourth-order valence-corrected chi connectivity index (χ4v) is 3.46. The maximum atomic E-state index is 12.2. The van der Waals surface area contributed by atoms with Gasteiger partial charge in [0.2, 0.25) is 5.91 Å². The van der Waals surface area contributed by atoms with Crippen LogP contribution in [0.15, 0.2) is 53.9 Å². The average molecular weight is 382 g/mol. The Bertz CT molecular complexity index is 890. The van der Waals surface area contributed by atoms with E-state index in [0.29, 0.717) is 13.2 Å². The molecule has 2 aromatic carbocycles. The van der Waals surface area contributed by atoms with Gasteiger partial charge in [0.1, 0.15) is 16.5 Å². The quantitative estimate of drug-likeness (QED) is 0.638. The van der Waals surface area contributed by atoms with E-state index in [0.717, 1.165) is 33.3 Å². The van der Waals surface area contributed by atoms with Crippen LogP contribution in [0.1, 0.15) is 18.2 Å². The number of benzene rings is 2. The van der Waals surface area contributed by atoms with Crippen molar-refractivity contribution < 1.29 is 14.3 Å². The molecule has 1 amide bonds. The molecular formula is C21H22N2O3S. The standard InChI is InChI=1S/C21H22N2O3S/c1-3-26-19-7-5-4-6-18(19)21-23-16(14-27-21)12-20(24)22-13-15-8-10-17(25-2)11-9-15/h4-11,14H,3,12-13H2,1-2H3,(H,22,24). The minimum absolute atomic E-state index is 0.0549. The van der Waals surface area contributed by atoms with Gasteiger partial charge in [0, 0.05) is 11.9 Å². The van der Waals surface area contributed by atoms with Crippen molar-refractivity contribution in [2.75, 3.05) is 13.7 Å². The summed E-state index contributed by atoms with van der Waals surface area (Å²) in [6.07, 6.45) is 0.253. The van der Waals surface area contributed by atoms with E-state index in [1.807, 2.05) is 60.8 Å². The number of nitrogens with one attached hydrogen (secondary N) is 1. The van der Waals surface area contributed by atoms with E-state index in [4.69, 9.17) is 9.47 Å². The van der Waals surface area contributed by atoms with Crippen molar-refractivity contribution in [3.8, 4) is 22.1 Å². The summed E-state index contributed by atoms with van der Waals surface area (Å²) in [5.41, 5.74) is 2.73. The number of aromatic nitrogens is 1. The van der Waals surface area contributed by atoms with Crippen LogP contribution < -0.4 is 14.8 Å². The molecule has 0 fully saturated rings. The third kappa shape index (κ3) is 5.08. The van der Waals surface area contributed by atoms with Crippen LogP contribution >= 0.6 is 11.3 Å². The lowest BCUT2D eigenvalue weighted by Crippen LogP contribution is -2.24. The van der Waals surface area contributed by atoms with Crippen LogP contribution in [0.5, 0.6) is 11.5 Å². The van der Waals surface area contributed by atoms with Crippen LogP contribution in [-0.2, 0) is 17.8 Å². The topological polar surface area (TPSA) is 60.5 Å². The summed E-state index contributed by atoms with van der Waals surface area (Å²) < 4.78 is 10.8. The first-order valence-electron chi connectivity index (χ1n) is 8.76. The maximum absolute atomic E-state index is 12.2. The fraction of sp³-hybridized carbons (Fsp3) is 0.238. The van der Waals surface area contributed by atoms with Crippen molar-refractivity contribution in [1.29, 1.82) is 0 Å². The molecule has 27 heavy (non-hydrogen) atoms. The zero-order valence-corrected chi connectivity index (χ0v) is 16.2. The number of hydrogen-bond donors (Lipinski definition) is 1. The van der Waals surface area contributed by atoms with Gasteiger partial charge in [-0.05, 0) is 36.8 Å². The van der Waals surface area contributed by atoms with Gasteiger partial charge in [0.05, 0.1) is 31.4 Å². The molecule has 0 bridgehead atoms. The Morgan fingerprint density at radius 3 is 2.67 bits per heavy atom. The molecule has 0 saturated heterocycles. The van der Waals surface area contributed by atoms with E-state index in [1.54, 1.807) is 7.11 Å². The number of amides is 1. The van der Waals surface area contributed by atoms with Crippen LogP contribution in [0.25, 0.3) is 10.6 Å². The van der Waals surface area contributed by atoms with Crippen molar-refractivity contribution in [2.45, 2.75) is 19.9 Å². The number of para-hydroxylation sites is 1. The molecule has 1 aromatic heterocycles. The summed E-state index contributed by atoms with van der Waals surface area (Å²) in [5, 5.41) is 5.71. The second-order valence-corrected chi connectivity index (χ2v) is 6.73. The van der Waals surface area contributed by atoms with Crippen LogP contribution in [0, 0.1) is 0 Å². The highest BCUT2D eigenvalue weighted by molar-refractivity contribution is 7.13. The van der Waals surface area contributed by atoms with E-state index in [9.17, 15) is 4.79 Å². The molecule has 0 atom stereocenters. The van der Waals surface area contributed by atoms with Crippen LogP contribution in [-0.4, -0.2) is 24.6 Å². The maximum Gasteiger partial charge on any atom is 0.226 e. The Hall–Kier alpha value is -2.86. The molecule has 3 aromatic rings. The molecule has 0 spiro atoms. The van der Waals surface area contributed by atoms with Crippen molar-refractivity contribution in [3.05, 3.63) is 65.2 Å². The zero-order valence-electron chi connectivity index (χ0n) is 15.4. The SMILES string of the molecule is CCOc1ccccc1-c1nc(CC(=O)NCc2ccc(OC)cc2)cs1. The molecule has 6 heteroatoms. The summed E-state index contributed by atoms with van der Waals surface area (Å²) in [6, 6.07) is 15.4. The number of hydrogen-bond acceptors (Lipinski definition) is 5. The van der Waals surface area contributed by atoms with E-state index in [-0.39, 0.29) is 12.3 Å². The Balaban J connectivity index is 1.59. The fourth-order valence-electron chi connectivity index (χ4n) is 2.61.